The number of carbonyl (C=O) groups excluding carboxylic acids is 1. The first-order valence-corrected chi connectivity index (χ1v) is 12.9. The largest absolute Gasteiger partial charge is 0.392 e. The van der Waals surface area contributed by atoms with Crippen LogP contribution in [0.15, 0.2) is 52.9 Å². The van der Waals surface area contributed by atoms with Crippen molar-refractivity contribution in [2.24, 2.45) is 0 Å². The first kappa shape index (κ1) is 24.6. The molecule has 34 heavy (non-hydrogen) atoms. The minimum absolute atomic E-state index is 0.00344. The lowest BCUT2D eigenvalue weighted by Gasteiger charge is -2.36. The Morgan fingerprint density at radius 1 is 1.18 bits per heavy atom. The average molecular weight is 501 g/mol. The summed E-state index contributed by atoms with van der Waals surface area (Å²) in [5.74, 6) is 0.719. The Hall–Kier alpha value is -2.50. The maximum absolute atomic E-state index is 11.9. The van der Waals surface area contributed by atoms with E-state index < -0.39 is 6.29 Å². The molecule has 10 heteroatoms. The molecule has 0 unspecified atom stereocenters. The number of aliphatic hydroxyl groups excluding tert-OH is 1. The van der Waals surface area contributed by atoms with Crippen LogP contribution in [0.1, 0.15) is 47.4 Å². The second-order valence-corrected chi connectivity index (χ2v) is 10.3. The third-order valence-corrected chi connectivity index (χ3v) is 7.37. The second-order valence-electron chi connectivity index (χ2n) is 7.86. The number of ether oxygens (including phenoxy) is 2. The number of nitrogens with one attached hydrogen (secondary N) is 2. The smallest absolute Gasteiger partial charge is 0.319 e. The summed E-state index contributed by atoms with van der Waals surface area (Å²) in [6.45, 7) is 4.36. The average Bonchev–Trinajstić information content (AvgIpc) is 3.28. The third kappa shape index (κ3) is 6.55. The highest BCUT2D eigenvalue weighted by atomic mass is 32.2. The third-order valence-electron chi connectivity index (χ3n) is 5.27. The van der Waals surface area contributed by atoms with Crippen molar-refractivity contribution < 1.29 is 19.4 Å². The number of amides is 2. The van der Waals surface area contributed by atoms with Crippen LogP contribution in [0.3, 0.4) is 0 Å². The molecule has 0 saturated carbocycles. The molecule has 0 aliphatic carbocycles. The van der Waals surface area contributed by atoms with Crippen LogP contribution >= 0.6 is 23.1 Å². The van der Waals surface area contributed by atoms with Gasteiger partial charge in [-0.05, 0) is 37.1 Å². The zero-order valence-electron chi connectivity index (χ0n) is 19.1. The Kier molecular flexibility index (Phi) is 8.52. The number of aliphatic hydroxyl groups is 1. The Balaban J connectivity index is 1.53. The molecule has 1 aliphatic heterocycles. The van der Waals surface area contributed by atoms with Crippen molar-refractivity contribution in [3.63, 3.8) is 0 Å². The van der Waals surface area contributed by atoms with Crippen molar-refractivity contribution in [2.45, 2.75) is 49.7 Å². The first-order valence-electron chi connectivity index (χ1n) is 11.1. The lowest BCUT2D eigenvalue weighted by atomic mass is 10.0. The summed E-state index contributed by atoms with van der Waals surface area (Å²) < 4.78 is 13.6. The molecule has 2 aromatic carbocycles. The molecular weight excluding hydrogens is 472 g/mol. The minimum Gasteiger partial charge on any atom is -0.392 e. The van der Waals surface area contributed by atoms with Gasteiger partial charge in [-0.15, -0.1) is 10.2 Å². The van der Waals surface area contributed by atoms with Crippen molar-refractivity contribution in [3.8, 4) is 0 Å². The second kappa shape index (κ2) is 11.8. The van der Waals surface area contributed by atoms with Crippen LogP contribution < -0.4 is 10.6 Å². The Morgan fingerprint density at radius 2 is 2.00 bits per heavy atom. The van der Waals surface area contributed by atoms with Crippen molar-refractivity contribution in [1.29, 1.82) is 0 Å². The zero-order valence-corrected chi connectivity index (χ0v) is 20.7. The number of rotatable bonds is 8. The van der Waals surface area contributed by atoms with Gasteiger partial charge in [0.15, 0.2) is 10.6 Å². The summed E-state index contributed by atoms with van der Waals surface area (Å²) >= 11 is 3.20. The summed E-state index contributed by atoms with van der Waals surface area (Å²) in [5, 5.41) is 24.2. The van der Waals surface area contributed by atoms with Gasteiger partial charge >= 0.3 is 6.03 Å². The molecule has 1 aromatic heterocycles. The van der Waals surface area contributed by atoms with Crippen molar-refractivity contribution in [3.05, 3.63) is 70.2 Å². The maximum atomic E-state index is 11.9. The number of carbonyl (C=O) groups is 1. The van der Waals surface area contributed by atoms with E-state index in [4.69, 9.17) is 9.47 Å². The molecule has 3 atom stereocenters. The molecule has 0 spiro atoms. The van der Waals surface area contributed by atoms with Gasteiger partial charge in [-0.2, -0.15) is 0 Å². The highest BCUT2D eigenvalue weighted by molar-refractivity contribution is 8.01. The number of aromatic nitrogens is 2. The quantitative estimate of drug-likeness (QED) is 0.381. The lowest BCUT2D eigenvalue weighted by molar-refractivity contribution is -0.245. The Morgan fingerprint density at radius 3 is 2.71 bits per heavy atom. The number of urea groups is 1. The van der Waals surface area contributed by atoms with Gasteiger partial charge in [0.05, 0.1) is 18.8 Å². The normalized spacial score (nSPS) is 20.1. The number of thioether (sulfide) groups is 1. The van der Waals surface area contributed by atoms with E-state index in [2.05, 4.69) is 20.8 Å². The standard InChI is InChI=1S/C24H28N4O4S2/c1-3-25-23(30)26-19-6-4-5-18(11-19)22-31-20(14-33-24-28-27-15(2)34-24)12-21(32-22)17-9-7-16(13-29)8-10-17/h4-11,20-22,29H,3,12-14H2,1-2H3,(H2,25,26,30)/t20-,21+,22+/m0/s1. The van der Waals surface area contributed by atoms with Gasteiger partial charge in [0.2, 0.25) is 0 Å². The molecule has 1 aliphatic rings. The van der Waals surface area contributed by atoms with Gasteiger partial charge in [0, 0.05) is 30.0 Å². The van der Waals surface area contributed by atoms with Gasteiger partial charge < -0.3 is 25.2 Å². The molecule has 1 saturated heterocycles. The SMILES string of the molecule is CCNC(=O)Nc1cccc([C@@H]2O[C@H](CSc3nnc(C)s3)C[C@H](c3ccc(CO)cc3)O2)c1. The number of aryl methyl sites for hydroxylation is 1. The number of anilines is 1. The molecular formula is C24H28N4O4S2. The predicted octanol–water partition coefficient (Wildman–Crippen LogP) is 4.82. The van der Waals surface area contributed by atoms with Crippen LogP contribution in [0, 0.1) is 6.92 Å². The fourth-order valence-corrected chi connectivity index (χ4v) is 5.48. The van der Waals surface area contributed by atoms with Gasteiger partial charge in [0.25, 0.3) is 0 Å². The molecule has 8 nitrogen and oxygen atoms in total. The molecule has 2 heterocycles. The Labute approximate surface area is 207 Å². The highest BCUT2D eigenvalue weighted by Gasteiger charge is 2.32. The van der Waals surface area contributed by atoms with Gasteiger partial charge in [-0.1, -0.05) is 59.5 Å². The number of hydrogen-bond donors (Lipinski definition) is 3. The zero-order chi connectivity index (χ0) is 23.9. The van der Waals surface area contributed by atoms with Crippen LogP contribution in [0.2, 0.25) is 0 Å². The van der Waals surface area contributed by atoms with Crippen LogP contribution in [0.5, 0.6) is 0 Å². The molecule has 3 N–H and O–H groups in total. The van der Waals surface area contributed by atoms with E-state index in [9.17, 15) is 9.90 Å². The summed E-state index contributed by atoms with van der Waals surface area (Å²) in [6, 6.07) is 15.1. The van der Waals surface area contributed by atoms with Crippen LogP contribution in [-0.4, -0.2) is 39.7 Å². The summed E-state index contributed by atoms with van der Waals surface area (Å²) in [5.41, 5.74) is 3.38. The predicted molar refractivity (Wildman–Crippen MR) is 133 cm³/mol. The van der Waals surface area contributed by atoms with E-state index in [-0.39, 0.29) is 24.8 Å². The van der Waals surface area contributed by atoms with Crippen molar-refractivity contribution in [1.82, 2.24) is 15.5 Å². The van der Waals surface area contributed by atoms with Crippen LogP contribution in [0.4, 0.5) is 10.5 Å². The number of nitrogens with zero attached hydrogens (tertiary/aromatic N) is 2. The Bertz CT molecular complexity index is 1090. The summed E-state index contributed by atoms with van der Waals surface area (Å²) in [4.78, 5) is 11.9. The van der Waals surface area contributed by atoms with Crippen molar-refractivity contribution >= 4 is 34.8 Å². The van der Waals surface area contributed by atoms with Crippen molar-refractivity contribution in [2.75, 3.05) is 17.6 Å². The van der Waals surface area contributed by atoms with E-state index in [1.165, 1.54) is 0 Å². The molecule has 180 valence electrons. The number of benzene rings is 2. The van der Waals surface area contributed by atoms with Crippen LogP contribution in [0.25, 0.3) is 0 Å². The molecule has 2 amide bonds. The van der Waals surface area contributed by atoms with Gasteiger partial charge in [-0.3, -0.25) is 0 Å². The minimum atomic E-state index is -0.589. The molecule has 1 fully saturated rings. The van der Waals surface area contributed by atoms with E-state index in [0.717, 1.165) is 31.8 Å². The fraction of sp³-hybridized carbons (Fsp3) is 0.375. The lowest BCUT2D eigenvalue weighted by Crippen LogP contribution is -2.31. The topological polar surface area (TPSA) is 106 Å². The van der Waals surface area contributed by atoms with Crippen LogP contribution in [-0.2, 0) is 16.1 Å². The summed E-state index contributed by atoms with van der Waals surface area (Å²) in [7, 11) is 0. The fourth-order valence-electron chi connectivity index (χ4n) is 3.62. The summed E-state index contributed by atoms with van der Waals surface area (Å²) in [6.07, 6.45) is -0.144. The van der Waals surface area contributed by atoms with E-state index in [0.29, 0.717) is 18.7 Å². The molecule has 0 bridgehead atoms. The van der Waals surface area contributed by atoms with Gasteiger partial charge in [0.1, 0.15) is 5.01 Å². The number of hydrogen-bond acceptors (Lipinski definition) is 8. The monoisotopic (exact) mass is 500 g/mol. The van der Waals surface area contributed by atoms with Gasteiger partial charge in [-0.25, -0.2) is 4.79 Å². The maximum Gasteiger partial charge on any atom is 0.319 e. The molecule has 0 radical (unpaired) electrons. The molecule has 4 rings (SSSR count). The van der Waals surface area contributed by atoms with E-state index >= 15 is 0 Å². The van der Waals surface area contributed by atoms with E-state index in [1.807, 2.05) is 62.4 Å². The first-order chi connectivity index (χ1) is 16.5. The molecule has 3 aromatic rings. The van der Waals surface area contributed by atoms with E-state index in [1.54, 1.807) is 23.1 Å². The highest BCUT2D eigenvalue weighted by Crippen LogP contribution is 2.40.